The predicted octanol–water partition coefficient (Wildman–Crippen LogP) is 3.02. The molecule has 0 saturated heterocycles. The van der Waals surface area contributed by atoms with Gasteiger partial charge in [-0.15, -0.1) is 0 Å². The third kappa shape index (κ3) is 4.33. The van der Waals surface area contributed by atoms with Gasteiger partial charge in [0.25, 0.3) is 0 Å². The van der Waals surface area contributed by atoms with E-state index in [-0.39, 0.29) is 18.1 Å². The Balaban J connectivity index is 1.93. The van der Waals surface area contributed by atoms with Crippen LogP contribution in [0.25, 0.3) is 0 Å². The van der Waals surface area contributed by atoms with Crippen LogP contribution in [0, 0.1) is 0 Å². The van der Waals surface area contributed by atoms with Crippen LogP contribution in [0.1, 0.15) is 30.6 Å². The summed E-state index contributed by atoms with van der Waals surface area (Å²) in [5, 5.41) is 21.9. The number of hydrogen-bond donors (Lipinski definition) is 3. The number of anilines is 1. The van der Waals surface area contributed by atoms with E-state index in [1.165, 1.54) is 17.7 Å². The number of phenols is 1. The first-order valence-corrected chi connectivity index (χ1v) is 6.94. The molecule has 2 aromatic rings. The fourth-order valence-electron chi connectivity index (χ4n) is 2.03. The average molecular weight is 285 g/mol. The van der Waals surface area contributed by atoms with Gasteiger partial charge in [0.15, 0.2) is 0 Å². The Kier molecular flexibility index (Phi) is 4.95. The minimum atomic E-state index is -0.826. The zero-order chi connectivity index (χ0) is 15.2. The molecule has 0 heterocycles. The summed E-state index contributed by atoms with van der Waals surface area (Å²) >= 11 is 0. The molecular weight excluding hydrogens is 266 g/mol. The number of aliphatic hydroxyl groups excluding tert-OH is 1. The summed E-state index contributed by atoms with van der Waals surface area (Å²) in [5.41, 5.74) is 2.51. The molecule has 0 aliphatic rings. The monoisotopic (exact) mass is 285 g/mol. The van der Waals surface area contributed by atoms with Crippen LogP contribution >= 0.6 is 0 Å². The van der Waals surface area contributed by atoms with Crippen molar-refractivity contribution in [3.63, 3.8) is 0 Å². The second-order valence-corrected chi connectivity index (χ2v) is 4.91. The van der Waals surface area contributed by atoms with Crippen molar-refractivity contribution < 1.29 is 15.0 Å². The molecule has 0 aliphatic heterocycles. The van der Waals surface area contributed by atoms with Crippen molar-refractivity contribution >= 4 is 11.6 Å². The highest BCUT2D eigenvalue weighted by Crippen LogP contribution is 2.19. The number of nitrogens with one attached hydrogen (secondary N) is 1. The van der Waals surface area contributed by atoms with Crippen molar-refractivity contribution in [2.24, 2.45) is 0 Å². The largest absolute Gasteiger partial charge is 0.508 e. The molecule has 2 aromatic carbocycles. The lowest BCUT2D eigenvalue weighted by Crippen LogP contribution is -2.15. The molecule has 0 fully saturated rings. The summed E-state index contributed by atoms with van der Waals surface area (Å²) < 4.78 is 0. The Labute approximate surface area is 124 Å². The number of benzene rings is 2. The van der Waals surface area contributed by atoms with Crippen molar-refractivity contribution in [3.05, 3.63) is 59.7 Å². The van der Waals surface area contributed by atoms with E-state index in [1.54, 1.807) is 12.1 Å². The maximum Gasteiger partial charge on any atom is 0.227 e. The predicted molar refractivity (Wildman–Crippen MR) is 82.1 cm³/mol. The molecule has 3 N–H and O–H groups in total. The first kappa shape index (κ1) is 15.1. The highest BCUT2D eigenvalue weighted by atomic mass is 16.3. The molecule has 1 unspecified atom stereocenters. The fourth-order valence-corrected chi connectivity index (χ4v) is 2.03. The Hall–Kier alpha value is -2.33. The molecule has 0 saturated carbocycles. The standard InChI is InChI=1S/C17H19NO3/c1-2-12-3-5-13(6-4-12)16(20)11-17(21)18-14-7-9-15(19)10-8-14/h3-10,16,19-20H,2,11H2,1H3,(H,18,21). The van der Waals surface area contributed by atoms with E-state index >= 15 is 0 Å². The van der Waals surface area contributed by atoms with Crippen LogP contribution in [0.15, 0.2) is 48.5 Å². The van der Waals surface area contributed by atoms with Gasteiger partial charge in [0.1, 0.15) is 5.75 Å². The summed E-state index contributed by atoms with van der Waals surface area (Å²) in [4.78, 5) is 11.9. The van der Waals surface area contributed by atoms with Crippen LogP contribution in [-0.2, 0) is 11.2 Å². The number of carbonyl (C=O) groups is 1. The molecule has 0 aromatic heterocycles. The van der Waals surface area contributed by atoms with Gasteiger partial charge in [0, 0.05) is 5.69 Å². The first-order valence-electron chi connectivity index (χ1n) is 6.94. The highest BCUT2D eigenvalue weighted by molar-refractivity contribution is 5.91. The van der Waals surface area contributed by atoms with Gasteiger partial charge in [-0.2, -0.15) is 0 Å². The van der Waals surface area contributed by atoms with Gasteiger partial charge in [-0.25, -0.2) is 0 Å². The molecule has 1 amide bonds. The van der Waals surface area contributed by atoms with Crippen LogP contribution in [0.2, 0.25) is 0 Å². The minimum absolute atomic E-state index is 0.00759. The lowest BCUT2D eigenvalue weighted by atomic mass is 10.0. The second kappa shape index (κ2) is 6.90. The Morgan fingerprint density at radius 2 is 1.71 bits per heavy atom. The summed E-state index contributed by atoms with van der Waals surface area (Å²) in [6.07, 6.45) is 0.109. The number of rotatable bonds is 5. The van der Waals surface area contributed by atoms with Crippen LogP contribution in [0.3, 0.4) is 0 Å². The maximum absolute atomic E-state index is 11.9. The molecule has 0 aliphatic carbocycles. The summed E-state index contributed by atoms with van der Waals surface area (Å²) in [6.45, 7) is 2.07. The van der Waals surface area contributed by atoms with E-state index in [4.69, 9.17) is 0 Å². The van der Waals surface area contributed by atoms with E-state index in [9.17, 15) is 15.0 Å². The van der Waals surface area contributed by atoms with Crippen LogP contribution in [-0.4, -0.2) is 16.1 Å². The van der Waals surface area contributed by atoms with Crippen molar-refractivity contribution in [1.29, 1.82) is 0 Å². The molecule has 0 bridgehead atoms. The van der Waals surface area contributed by atoms with Gasteiger partial charge < -0.3 is 15.5 Å². The van der Waals surface area contributed by atoms with Crippen LogP contribution in [0.5, 0.6) is 5.75 Å². The molecule has 4 heteroatoms. The van der Waals surface area contributed by atoms with Crippen molar-refractivity contribution in [2.75, 3.05) is 5.32 Å². The fraction of sp³-hybridized carbons (Fsp3) is 0.235. The zero-order valence-corrected chi connectivity index (χ0v) is 11.9. The highest BCUT2D eigenvalue weighted by Gasteiger charge is 2.13. The molecule has 110 valence electrons. The van der Waals surface area contributed by atoms with Gasteiger partial charge in [-0.1, -0.05) is 31.2 Å². The Morgan fingerprint density at radius 3 is 2.29 bits per heavy atom. The topological polar surface area (TPSA) is 69.6 Å². The lowest BCUT2D eigenvalue weighted by Gasteiger charge is -2.12. The van der Waals surface area contributed by atoms with Gasteiger partial charge in [0.2, 0.25) is 5.91 Å². The normalized spacial score (nSPS) is 11.9. The maximum atomic E-state index is 11.9. The summed E-state index contributed by atoms with van der Waals surface area (Å²) in [7, 11) is 0. The molecule has 1 atom stereocenters. The Morgan fingerprint density at radius 1 is 1.10 bits per heavy atom. The average Bonchev–Trinajstić information content (AvgIpc) is 2.49. The van der Waals surface area contributed by atoms with Gasteiger partial charge in [-0.05, 0) is 41.8 Å². The van der Waals surface area contributed by atoms with Gasteiger partial charge in [-0.3, -0.25) is 4.79 Å². The lowest BCUT2D eigenvalue weighted by molar-refractivity contribution is -0.118. The zero-order valence-electron chi connectivity index (χ0n) is 11.9. The number of carbonyl (C=O) groups excluding carboxylic acids is 1. The van der Waals surface area contributed by atoms with E-state index in [0.29, 0.717) is 5.69 Å². The number of amides is 1. The third-order valence-corrected chi connectivity index (χ3v) is 3.30. The van der Waals surface area contributed by atoms with E-state index in [2.05, 4.69) is 12.2 Å². The molecule has 0 radical (unpaired) electrons. The first-order chi connectivity index (χ1) is 10.1. The van der Waals surface area contributed by atoms with E-state index in [0.717, 1.165) is 12.0 Å². The summed E-state index contributed by atoms with van der Waals surface area (Å²) in [5.74, 6) is -0.128. The Bertz CT molecular complexity index is 590. The number of hydrogen-bond acceptors (Lipinski definition) is 3. The minimum Gasteiger partial charge on any atom is -0.508 e. The van der Waals surface area contributed by atoms with Crippen LogP contribution < -0.4 is 5.32 Å². The summed E-state index contributed by atoms with van der Waals surface area (Å²) in [6, 6.07) is 13.8. The van der Waals surface area contributed by atoms with E-state index < -0.39 is 6.10 Å². The number of aromatic hydroxyl groups is 1. The second-order valence-electron chi connectivity index (χ2n) is 4.91. The molecule has 2 rings (SSSR count). The van der Waals surface area contributed by atoms with Crippen molar-refractivity contribution in [2.45, 2.75) is 25.9 Å². The molecular formula is C17H19NO3. The van der Waals surface area contributed by atoms with Gasteiger partial charge in [0.05, 0.1) is 12.5 Å². The number of aliphatic hydroxyl groups is 1. The molecule has 21 heavy (non-hydrogen) atoms. The quantitative estimate of drug-likeness (QED) is 0.740. The smallest absolute Gasteiger partial charge is 0.227 e. The van der Waals surface area contributed by atoms with Crippen LogP contribution in [0.4, 0.5) is 5.69 Å². The number of aryl methyl sites for hydroxylation is 1. The SMILES string of the molecule is CCc1ccc(C(O)CC(=O)Nc2ccc(O)cc2)cc1. The van der Waals surface area contributed by atoms with E-state index in [1.807, 2.05) is 24.3 Å². The molecule has 0 spiro atoms. The number of phenolic OH excluding ortho intramolecular Hbond substituents is 1. The third-order valence-electron chi connectivity index (χ3n) is 3.30. The van der Waals surface area contributed by atoms with Gasteiger partial charge >= 0.3 is 0 Å². The van der Waals surface area contributed by atoms with Crippen molar-refractivity contribution in [1.82, 2.24) is 0 Å². The molecule has 4 nitrogen and oxygen atoms in total. The van der Waals surface area contributed by atoms with Crippen molar-refractivity contribution in [3.8, 4) is 5.75 Å².